The average Bonchev–Trinajstić information content (AvgIpc) is 2.86. The molecule has 2 aliphatic rings. The van der Waals surface area contributed by atoms with Crippen LogP contribution in [0.1, 0.15) is 26.7 Å². The second-order valence-electron chi connectivity index (χ2n) is 5.03. The van der Waals surface area contributed by atoms with Crippen LogP contribution in [0.4, 0.5) is 0 Å². The minimum Gasteiger partial charge on any atom is -0.342 e. The molecule has 1 aliphatic heterocycles. The smallest absolute Gasteiger partial charge is 0.225 e. The lowest BCUT2D eigenvalue weighted by Crippen LogP contribution is -2.48. The van der Waals surface area contributed by atoms with Gasteiger partial charge >= 0.3 is 0 Å². The van der Waals surface area contributed by atoms with Crippen LogP contribution in [0, 0.1) is 17.8 Å². The molecule has 4 unspecified atom stereocenters. The fourth-order valence-electron chi connectivity index (χ4n) is 2.26. The van der Waals surface area contributed by atoms with Crippen LogP contribution >= 0.6 is 0 Å². The summed E-state index contributed by atoms with van der Waals surface area (Å²) in [6.07, 6.45) is 2.06. The average molecular weight is 196 g/mol. The second kappa shape index (κ2) is 3.54. The van der Waals surface area contributed by atoms with Gasteiger partial charge in [-0.25, -0.2) is 0 Å². The second-order valence-corrected chi connectivity index (χ2v) is 5.03. The summed E-state index contributed by atoms with van der Waals surface area (Å²) in [4.78, 5) is 13.9. The first-order valence-electron chi connectivity index (χ1n) is 5.64. The minimum absolute atomic E-state index is 0.288. The van der Waals surface area contributed by atoms with E-state index in [0.717, 1.165) is 25.9 Å². The molecule has 80 valence electrons. The summed E-state index contributed by atoms with van der Waals surface area (Å²) in [6.45, 7) is 6.03. The summed E-state index contributed by atoms with van der Waals surface area (Å²) in [5, 5.41) is 0. The molecule has 2 rings (SSSR count). The highest BCUT2D eigenvalue weighted by atomic mass is 16.2. The summed E-state index contributed by atoms with van der Waals surface area (Å²) >= 11 is 0. The van der Waals surface area contributed by atoms with Gasteiger partial charge in [0.25, 0.3) is 0 Å². The Kier molecular flexibility index (Phi) is 2.52. The van der Waals surface area contributed by atoms with Gasteiger partial charge in [-0.05, 0) is 24.7 Å². The van der Waals surface area contributed by atoms with Gasteiger partial charge in [-0.1, -0.05) is 13.8 Å². The standard InChI is InChI=1S/C11H20N2O/c1-7-5-9(7)11(14)13-4-3-10(12)8(2)6-13/h7-10H,3-6,12H2,1-2H3. The Labute approximate surface area is 85.6 Å². The molecule has 1 amide bonds. The number of amides is 1. The summed E-state index contributed by atoms with van der Waals surface area (Å²) in [7, 11) is 0. The maximum atomic E-state index is 11.9. The van der Waals surface area contributed by atoms with E-state index < -0.39 is 0 Å². The van der Waals surface area contributed by atoms with Crippen molar-refractivity contribution >= 4 is 5.91 Å². The van der Waals surface area contributed by atoms with Gasteiger partial charge in [0.1, 0.15) is 0 Å². The van der Waals surface area contributed by atoms with Crippen LogP contribution in [0.2, 0.25) is 0 Å². The quantitative estimate of drug-likeness (QED) is 0.675. The van der Waals surface area contributed by atoms with Crippen LogP contribution in [-0.4, -0.2) is 29.9 Å². The number of hydrogen-bond acceptors (Lipinski definition) is 2. The van der Waals surface area contributed by atoms with Crippen LogP contribution < -0.4 is 5.73 Å². The SMILES string of the molecule is CC1CN(C(=O)C2CC2C)CCC1N. The molecule has 3 heteroatoms. The van der Waals surface area contributed by atoms with Crippen LogP contribution in [0.25, 0.3) is 0 Å². The van der Waals surface area contributed by atoms with Crippen molar-refractivity contribution < 1.29 is 4.79 Å². The van der Waals surface area contributed by atoms with Gasteiger partial charge in [0.2, 0.25) is 5.91 Å². The Bertz CT molecular complexity index is 241. The van der Waals surface area contributed by atoms with Crippen molar-refractivity contribution in [1.29, 1.82) is 0 Å². The van der Waals surface area contributed by atoms with Crippen LogP contribution in [0.15, 0.2) is 0 Å². The maximum absolute atomic E-state index is 11.9. The maximum Gasteiger partial charge on any atom is 0.225 e. The van der Waals surface area contributed by atoms with E-state index >= 15 is 0 Å². The first-order chi connectivity index (χ1) is 6.59. The highest BCUT2D eigenvalue weighted by Gasteiger charge is 2.42. The summed E-state index contributed by atoms with van der Waals surface area (Å²) in [5.41, 5.74) is 5.92. The van der Waals surface area contributed by atoms with Crippen molar-refractivity contribution in [3.63, 3.8) is 0 Å². The van der Waals surface area contributed by atoms with Crippen LogP contribution in [0.5, 0.6) is 0 Å². The van der Waals surface area contributed by atoms with Gasteiger partial charge in [0.05, 0.1) is 0 Å². The third kappa shape index (κ3) is 1.78. The zero-order valence-electron chi connectivity index (χ0n) is 9.07. The lowest BCUT2D eigenvalue weighted by Gasteiger charge is -2.35. The van der Waals surface area contributed by atoms with Crippen molar-refractivity contribution in [3.8, 4) is 0 Å². The van der Waals surface area contributed by atoms with E-state index in [9.17, 15) is 4.79 Å². The monoisotopic (exact) mass is 196 g/mol. The number of rotatable bonds is 1. The summed E-state index contributed by atoms with van der Waals surface area (Å²) < 4.78 is 0. The molecule has 0 aromatic rings. The van der Waals surface area contributed by atoms with E-state index in [-0.39, 0.29) is 6.04 Å². The molecule has 0 bridgehead atoms. The fourth-order valence-corrected chi connectivity index (χ4v) is 2.26. The number of nitrogens with two attached hydrogens (primary N) is 1. The zero-order valence-corrected chi connectivity index (χ0v) is 9.07. The number of carbonyl (C=O) groups is 1. The number of likely N-dealkylation sites (tertiary alicyclic amines) is 1. The largest absolute Gasteiger partial charge is 0.342 e. The molecule has 2 fully saturated rings. The van der Waals surface area contributed by atoms with Crippen molar-refractivity contribution in [2.75, 3.05) is 13.1 Å². The first-order valence-corrected chi connectivity index (χ1v) is 5.64. The van der Waals surface area contributed by atoms with Gasteiger partial charge in [-0.2, -0.15) is 0 Å². The molecule has 1 saturated heterocycles. The topological polar surface area (TPSA) is 46.3 Å². The normalized spacial score (nSPS) is 42.4. The Balaban J connectivity index is 1.90. The molecule has 1 aliphatic carbocycles. The van der Waals surface area contributed by atoms with E-state index in [0.29, 0.717) is 23.7 Å². The van der Waals surface area contributed by atoms with Gasteiger partial charge < -0.3 is 10.6 Å². The van der Waals surface area contributed by atoms with Crippen molar-refractivity contribution in [1.82, 2.24) is 4.90 Å². The van der Waals surface area contributed by atoms with Gasteiger partial charge in [-0.3, -0.25) is 4.79 Å². The van der Waals surface area contributed by atoms with Crippen LogP contribution in [-0.2, 0) is 4.79 Å². The van der Waals surface area contributed by atoms with Gasteiger partial charge in [0, 0.05) is 25.0 Å². The zero-order chi connectivity index (χ0) is 10.3. The number of hydrogen-bond donors (Lipinski definition) is 1. The predicted molar refractivity (Wildman–Crippen MR) is 55.6 cm³/mol. The molecule has 1 saturated carbocycles. The number of piperidine rings is 1. The molecule has 3 nitrogen and oxygen atoms in total. The Morgan fingerprint density at radius 3 is 2.50 bits per heavy atom. The Morgan fingerprint density at radius 2 is 2.00 bits per heavy atom. The predicted octanol–water partition coefficient (Wildman–Crippen LogP) is 0.838. The number of nitrogens with zero attached hydrogens (tertiary/aromatic N) is 1. The van der Waals surface area contributed by atoms with Crippen LogP contribution in [0.3, 0.4) is 0 Å². The number of carbonyl (C=O) groups excluding carboxylic acids is 1. The lowest BCUT2D eigenvalue weighted by molar-refractivity contribution is -0.134. The molecule has 4 atom stereocenters. The van der Waals surface area contributed by atoms with E-state index in [4.69, 9.17) is 5.73 Å². The van der Waals surface area contributed by atoms with E-state index in [1.807, 2.05) is 4.90 Å². The Hall–Kier alpha value is -0.570. The molecular formula is C11H20N2O. The molecule has 1 heterocycles. The molecule has 0 aromatic heterocycles. The van der Waals surface area contributed by atoms with Crippen molar-refractivity contribution in [3.05, 3.63) is 0 Å². The Morgan fingerprint density at radius 1 is 1.36 bits per heavy atom. The molecule has 14 heavy (non-hydrogen) atoms. The molecule has 0 radical (unpaired) electrons. The molecular weight excluding hydrogens is 176 g/mol. The molecule has 0 aromatic carbocycles. The summed E-state index contributed by atoms with van der Waals surface area (Å²) in [5.74, 6) is 1.78. The highest BCUT2D eigenvalue weighted by molar-refractivity contribution is 5.81. The van der Waals surface area contributed by atoms with E-state index in [1.54, 1.807) is 0 Å². The van der Waals surface area contributed by atoms with E-state index in [1.165, 1.54) is 0 Å². The third-order valence-electron chi connectivity index (χ3n) is 3.71. The van der Waals surface area contributed by atoms with Gasteiger partial charge in [-0.15, -0.1) is 0 Å². The minimum atomic E-state index is 0.288. The third-order valence-corrected chi connectivity index (χ3v) is 3.71. The van der Waals surface area contributed by atoms with E-state index in [2.05, 4.69) is 13.8 Å². The van der Waals surface area contributed by atoms with Crippen molar-refractivity contribution in [2.45, 2.75) is 32.7 Å². The van der Waals surface area contributed by atoms with Gasteiger partial charge in [0.15, 0.2) is 0 Å². The summed E-state index contributed by atoms with van der Waals surface area (Å²) in [6, 6.07) is 0.288. The lowest BCUT2D eigenvalue weighted by atomic mass is 9.94. The fraction of sp³-hybridized carbons (Fsp3) is 0.909. The first kappa shape index (κ1) is 9.97. The molecule has 0 spiro atoms. The van der Waals surface area contributed by atoms with Crippen molar-refractivity contribution in [2.24, 2.45) is 23.5 Å². The molecule has 2 N–H and O–H groups in total. The highest BCUT2D eigenvalue weighted by Crippen LogP contribution is 2.39.